The van der Waals surface area contributed by atoms with Crippen LogP contribution in [-0.2, 0) is 0 Å². The van der Waals surface area contributed by atoms with Gasteiger partial charge in [0.1, 0.15) is 5.75 Å². The fraction of sp³-hybridized carbons (Fsp3) is 0.158. The molecule has 1 atom stereocenters. The number of carbonyl (C=O) groups excluding carboxylic acids is 2. The van der Waals surface area contributed by atoms with Crippen molar-refractivity contribution in [2.75, 3.05) is 0 Å². The average Bonchev–Trinajstić information content (AvgIpc) is 2.98. The normalized spacial score (nSPS) is 12.1. The minimum atomic E-state index is -0.642. The van der Waals surface area contributed by atoms with Crippen molar-refractivity contribution in [1.29, 1.82) is 0 Å². The Labute approximate surface area is 134 Å². The Kier molecular flexibility index (Phi) is 3.98. The fourth-order valence-corrected chi connectivity index (χ4v) is 2.54. The van der Waals surface area contributed by atoms with Crippen molar-refractivity contribution in [2.24, 2.45) is 0 Å². The number of rotatable bonds is 5. The SMILES string of the molecule is CC(=O)c1cccc(O[C@@H](C)C(=O)c2c[nH]c3ccccc23)c1. The van der Waals surface area contributed by atoms with Gasteiger partial charge in [-0.2, -0.15) is 0 Å². The Bertz CT molecular complexity index is 879. The molecule has 0 bridgehead atoms. The van der Waals surface area contributed by atoms with E-state index < -0.39 is 6.10 Å². The van der Waals surface area contributed by atoms with Crippen molar-refractivity contribution in [3.8, 4) is 5.75 Å². The number of carbonyl (C=O) groups is 2. The first kappa shape index (κ1) is 15.0. The van der Waals surface area contributed by atoms with Crippen molar-refractivity contribution in [3.05, 3.63) is 65.9 Å². The molecule has 4 heteroatoms. The average molecular weight is 307 g/mol. The first-order chi connectivity index (χ1) is 11.1. The van der Waals surface area contributed by atoms with Crippen LogP contribution in [0.1, 0.15) is 34.6 Å². The highest BCUT2D eigenvalue weighted by molar-refractivity contribution is 6.09. The number of hydrogen-bond acceptors (Lipinski definition) is 3. The van der Waals surface area contributed by atoms with Gasteiger partial charge in [0.15, 0.2) is 11.9 Å². The van der Waals surface area contributed by atoms with Gasteiger partial charge < -0.3 is 9.72 Å². The van der Waals surface area contributed by atoms with Crippen LogP contribution in [0.4, 0.5) is 0 Å². The van der Waals surface area contributed by atoms with Crippen LogP contribution in [0.15, 0.2) is 54.7 Å². The number of benzene rings is 2. The summed E-state index contributed by atoms with van der Waals surface area (Å²) in [7, 11) is 0. The smallest absolute Gasteiger partial charge is 0.205 e. The summed E-state index contributed by atoms with van der Waals surface area (Å²) in [6, 6.07) is 14.5. The molecule has 23 heavy (non-hydrogen) atoms. The lowest BCUT2D eigenvalue weighted by Crippen LogP contribution is -2.23. The first-order valence-corrected chi connectivity index (χ1v) is 7.44. The van der Waals surface area contributed by atoms with E-state index in [-0.39, 0.29) is 11.6 Å². The number of aromatic nitrogens is 1. The Morgan fingerprint density at radius 2 is 1.87 bits per heavy atom. The molecule has 1 N–H and O–H groups in total. The van der Waals surface area contributed by atoms with Gasteiger partial charge in [-0.05, 0) is 32.0 Å². The summed E-state index contributed by atoms with van der Waals surface area (Å²) in [5.74, 6) is 0.375. The fourth-order valence-electron chi connectivity index (χ4n) is 2.54. The molecule has 0 amide bonds. The van der Waals surface area contributed by atoms with E-state index in [4.69, 9.17) is 4.74 Å². The lowest BCUT2D eigenvalue weighted by atomic mass is 10.1. The molecular formula is C19H17NO3. The van der Waals surface area contributed by atoms with Crippen molar-refractivity contribution in [3.63, 3.8) is 0 Å². The summed E-state index contributed by atoms with van der Waals surface area (Å²) in [5.41, 5.74) is 2.09. The molecular weight excluding hydrogens is 290 g/mol. The molecule has 4 nitrogen and oxygen atoms in total. The number of nitrogens with one attached hydrogen (secondary N) is 1. The summed E-state index contributed by atoms with van der Waals surface area (Å²) in [4.78, 5) is 27.1. The van der Waals surface area contributed by atoms with Crippen molar-refractivity contribution in [2.45, 2.75) is 20.0 Å². The molecule has 0 aliphatic carbocycles. The van der Waals surface area contributed by atoms with Crippen molar-refractivity contribution >= 4 is 22.5 Å². The van der Waals surface area contributed by atoms with Gasteiger partial charge in [-0.15, -0.1) is 0 Å². The van der Waals surface area contributed by atoms with Gasteiger partial charge in [-0.25, -0.2) is 0 Å². The molecule has 0 fully saturated rings. The van der Waals surface area contributed by atoms with Crippen LogP contribution < -0.4 is 4.74 Å². The standard InChI is InChI=1S/C19H17NO3/c1-12(21)14-6-5-7-15(10-14)23-13(2)19(22)17-11-20-18-9-4-3-8-16(17)18/h3-11,13,20H,1-2H3/t13-/m0/s1. The lowest BCUT2D eigenvalue weighted by molar-refractivity contribution is 0.0820. The Morgan fingerprint density at radius 1 is 1.09 bits per heavy atom. The van der Waals surface area contributed by atoms with Crippen LogP contribution in [0.25, 0.3) is 10.9 Å². The van der Waals surface area contributed by atoms with E-state index in [0.29, 0.717) is 16.9 Å². The van der Waals surface area contributed by atoms with E-state index in [1.807, 2.05) is 24.3 Å². The maximum Gasteiger partial charge on any atom is 0.205 e. The largest absolute Gasteiger partial charge is 0.483 e. The molecule has 0 unspecified atom stereocenters. The number of ether oxygens (including phenoxy) is 1. The third-order valence-corrected chi connectivity index (χ3v) is 3.78. The first-order valence-electron chi connectivity index (χ1n) is 7.44. The molecule has 116 valence electrons. The molecule has 1 aromatic heterocycles. The molecule has 0 aliphatic heterocycles. The number of hydrogen-bond donors (Lipinski definition) is 1. The quantitative estimate of drug-likeness (QED) is 0.724. The minimum absolute atomic E-state index is 0.0361. The summed E-state index contributed by atoms with van der Waals surface area (Å²) >= 11 is 0. The molecule has 0 aliphatic rings. The predicted octanol–water partition coefficient (Wildman–Crippen LogP) is 4.02. The maximum atomic E-state index is 12.6. The molecule has 0 spiro atoms. The van der Waals surface area contributed by atoms with Gasteiger partial charge in [0.2, 0.25) is 5.78 Å². The van der Waals surface area contributed by atoms with Crippen molar-refractivity contribution in [1.82, 2.24) is 4.98 Å². The van der Waals surface area contributed by atoms with Crippen LogP contribution >= 0.6 is 0 Å². The molecule has 0 saturated carbocycles. The van der Waals surface area contributed by atoms with Crippen molar-refractivity contribution < 1.29 is 14.3 Å². The number of ketones is 2. The van der Waals surface area contributed by atoms with E-state index in [1.54, 1.807) is 37.4 Å². The minimum Gasteiger partial charge on any atom is -0.483 e. The monoisotopic (exact) mass is 307 g/mol. The maximum absolute atomic E-state index is 12.6. The highest BCUT2D eigenvalue weighted by Crippen LogP contribution is 2.21. The van der Waals surface area contributed by atoms with Gasteiger partial charge in [0.05, 0.1) is 0 Å². The van der Waals surface area contributed by atoms with Crippen LogP contribution in [0, 0.1) is 0 Å². The zero-order chi connectivity index (χ0) is 16.4. The summed E-state index contributed by atoms with van der Waals surface area (Å²) in [6.45, 7) is 3.21. The second kappa shape index (κ2) is 6.08. The van der Waals surface area contributed by atoms with Gasteiger partial charge >= 0.3 is 0 Å². The van der Waals surface area contributed by atoms with Gasteiger partial charge in [-0.3, -0.25) is 9.59 Å². The number of para-hydroxylation sites is 1. The zero-order valence-corrected chi connectivity index (χ0v) is 13.0. The molecule has 3 aromatic rings. The van der Waals surface area contributed by atoms with E-state index in [1.165, 1.54) is 6.92 Å². The molecule has 1 heterocycles. The molecule has 0 saturated heterocycles. The third kappa shape index (κ3) is 3.01. The molecule has 2 aromatic carbocycles. The number of Topliss-reactive ketones (excluding diaryl/α,β-unsaturated/α-hetero) is 2. The van der Waals surface area contributed by atoms with Gasteiger partial charge in [0.25, 0.3) is 0 Å². The van der Waals surface area contributed by atoms with Crippen LogP contribution in [0.2, 0.25) is 0 Å². The Morgan fingerprint density at radius 3 is 2.65 bits per heavy atom. The molecule has 0 radical (unpaired) electrons. The number of fused-ring (bicyclic) bond motifs is 1. The Hall–Kier alpha value is -2.88. The highest BCUT2D eigenvalue weighted by atomic mass is 16.5. The number of aromatic amines is 1. The van der Waals surface area contributed by atoms with E-state index >= 15 is 0 Å². The zero-order valence-electron chi connectivity index (χ0n) is 13.0. The van der Waals surface area contributed by atoms with Gasteiger partial charge in [0, 0.05) is 28.2 Å². The van der Waals surface area contributed by atoms with E-state index in [2.05, 4.69) is 4.98 Å². The predicted molar refractivity (Wildman–Crippen MR) is 89.2 cm³/mol. The lowest BCUT2D eigenvalue weighted by Gasteiger charge is -2.14. The number of H-pyrrole nitrogens is 1. The highest BCUT2D eigenvalue weighted by Gasteiger charge is 2.20. The second-order valence-electron chi connectivity index (χ2n) is 5.46. The Balaban J connectivity index is 1.83. The van der Waals surface area contributed by atoms with Gasteiger partial charge in [-0.1, -0.05) is 30.3 Å². The van der Waals surface area contributed by atoms with E-state index in [9.17, 15) is 9.59 Å². The van der Waals surface area contributed by atoms with Crippen LogP contribution in [0.5, 0.6) is 5.75 Å². The molecule has 3 rings (SSSR count). The van der Waals surface area contributed by atoms with Crippen LogP contribution in [0.3, 0.4) is 0 Å². The topological polar surface area (TPSA) is 59.2 Å². The van der Waals surface area contributed by atoms with Crippen LogP contribution in [-0.4, -0.2) is 22.7 Å². The third-order valence-electron chi connectivity index (χ3n) is 3.78. The summed E-state index contributed by atoms with van der Waals surface area (Å²) in [5, 5.41) is 0.880. The van der Waals surface area contributed by atoms with E-state index in [0.717, 1.165) is 10.9 Å². The second-order valence-corrected chi connectivity index (χ2v) is 5.46. The summed E-state index contributed by atoms with van der Waals surface area (Å²) < 4.78 is 5.72. The summed E-state index contributed by atoms with van der Waals surface area (Å²) in [6.07, 6.45) is 1.06.